The second-order valence-electron chi connectivity index (χ2n) is 6.81. The van der Waals surface area contributed by atoms with Crippen LogP contribution < -0.4 is 10.2 Å². The van der Waals surface area contributed by atoms with Gasteiger partial charge in [0.25, 0.3) is 0 Å². The zero-order valence-electron chi connectivity index (χ0n) is 16.1. The number of hydrogen-bond acceptors (Lipinski definition) is 4. The second-order valence-corrected chi connectivity index (χ2v) is 6.81. The first-order valence-corrected chi connectivity index (χ1v) is 8.90. The third-order valence-corrected chi connectivity index (χ3v) is 5.13. The van der Waals surface area contributed by atoms with E-state index in [1.54, 1.807) is 41.5 Å². The third-order valence-electron chi connectivity index (χ3n) is 5.13. The molecule has 7 nitrogen and oxygen atoms in total. The molecular weight excluding hydrogens is 372 g/mol. The number of aryl methyl sites for hydroxylation is 1. The Hall–Kier alpha value is -3.87. The number of aromatic nitrogens is 2. The fraction of sp³-hybridized carbons (Fsp3) is 0.136. The minimum Gasteiger partial charge on any atom is -0.494 e. The van der Waals surface area contributed by atoms with Gasteiger partial charge < -0.3 is 18.8 Å². The normalized spacial score (nSPS) is 11.1. The van der Waals surface area contributed by atoms with Crippen molar-refractivity contribution in [3.8, 4) is 5.75 Å². The van der Waals surface area contributed by atoms with Gasteiger partial charge in [-0.05, 0) is 37.3 Å². The van der Waals surface area contributed by atoms with Crippen molar-refractivity contribution < 1.29 is 19.4 Å². The predicted molar refractivity (Wildman–Crippen MR) is 108 cm³/mol. The zero-order valence-corrected chi connectivity index (χ0v) is 16.1. The van der Waals surface area contributed by atoms with E-state index in [1.165, 1.54) is 12.3 Å². The molecule has 0 atom stereocenters. The Morgan fingerprint density at radius 2 is 1.86 bits per heavy atom. The number of benzene rings is 1. The van der Waals surface area contributed by atoms with Crippen LogP contribution in [0.5, 0.6) is 5.75 Å². The van der Waals surface area contributed by atoms with Gasteiger partial charge in [-0.25, -0.2) is 4.79 Å². The van der Waals surface area contributed by atoms with Gasteiger partial charge in [0.15, 0.2) is 0 Å². The van der Waals surface area contributed by atoms with Crippen LogP contribution in [-0.2, 0) is 7.05 Å². The molecular formula is C22H18N2O5. The van der Waals surface area contributed by atoms with Gasteiger partial charge in [-0.3, -0.25) is 9.59 Å². The highest BCUT2D eigenvalue weighted by Crippen LogP contribution is 2.32. The molecule has 7 heteroatoms. The highest BCUT2D eigenvalue weighted by Gasteiger charge is 2.23. The molecule has 3 aromatic heterocycles. The fourth-order valence-electron chi connectivity index (χ4n) is 3.76. The predicted octanol–water partition coefficient (Wildman–Crippen LogP) is 3.04. The van der Waals surface area contributed by atoms with Gasteiger partial charge in [0.2, 0.25) is 11.2 Å². The van der Waals surface area contributed by atoms with Gasteiger partial charge in [-0.15, -0.1) is 0 Å². The molecule has 0 aliphatic carbocycles. The van der Waals surface area contributed by atoms with Crippen molar-refractivity contribution in [2.45, 2.75) is 6.92 Å². The van der Waals surface area contributed by atoms with Crippen molar-refractivity contribution in [3.05, 3.63) is 81.4 Å². The SMILES string of the molecule is COc1c(C)c(C(=O)c2ccc3c(c2)c(=O)c(C(=O)O)cn3C)n2ccccc12. The van der Waals surface area contributed by atoms with Crippen LogP contribution >= 0.6 is 0 Å². The summed E-state index contributed by atoms with van der Waals surface area (Å²) in [6, 6.07) is 10.3. The van der Waals surface area contributed by atoms with Crippen molar-refractivity contribution in [1.82, 2.24) is 8.97 Å². The van der Waals surface area contributed by atoms with Gasteiger partial charge in [-0.2, -0.15) is 0 Å². The summed E-state index contributed by atoms with van der Waals surface area (Å²) in [5.74, 6) is -0.974. The summed E-state index contributed by atoms with van der Waals surface area (Å²) in [6.07, 6.45) is 3.06. The molecule has 3 heterocycles. The number of hydrogen-bond donors (Lipinski definition) is 1. The highest BCUT2D eigenvalue weighted by atomic mass is 16.5. The summed E-state index contributed by atoms with van der Waals surface area (Å²) in [5, 5.41) is 9.48. The number of pyridine rings is 2. The molecule has 0 spiro atoms. The molecule has 0 fully saturated rings. The topological polar surface area (TPSA) is 90.0 Å². The maximum absolute atomic E-state index is 13.4. The van der Waals surface area contributed by atoms with Crippen molar-refractivity contribution in [3.63, 3.8) is 0 Å². The number of aromatic carboxylic acids is 1. The number of rotatable bonds is 4. The number of nitrogens with zero attached hydrogens (tertiary/aromatic N) is 2. The lowest BCUT2D eigenvalue weighted by Crippen LogP contribution is -2.18. The van der Waals surface area contributed by atoms with Crippen LogP contribution in [-0.4, -0.2) is 32.9 Å². The standard InChI is InChI=1S/C22H18N2O5/c1-12-18(24-9-5-4-6-17(24)21(12)29-3)19(25)13-7-8-16-14(10-13)20(26)15(22(27)28)11-23(16)2/h4-11H,1-3H3,(H,27,28). The summed E-state index contributed by atoms with van der Waals surface area (Å²) < 4.78 is 8.80. The van der Waals surface area contributed by atoms with Gasteiger partial charge in [-0.1, -0.05) is 6.07 Å². The lowest BCUT2D eigenvalue weighted by atomic mass is 10.0. The maximum Gasteiger partial charge on any atom is 0.341 e. The Kier molecular flexibility index (Phi) is 4.23. The molecule has 0 saturated carbocycles. The van der Waals surface area contributed by atoms with Crippen LogP contribution in [0.2, 0.25) is 0 Å². The van der Waals surface area contributed by atoms with Crippen molar-refractivity contribution in [2.24, 2.45) is 7.05 Å². The number of methoxy groups -OCH3 is 1. The Bertz CT molecular complexity index is 1380. The minimum atomic E-state index is -1.30. The molecule has 0 amide bonds. The number of ether oxygens (including phenoxy) is 1. The second kappa shape index (κ2) is 6.63. The molecule has 0 saturated heterocycles. The van der Waals surface area contributed by atoms with Crippen molar-refractivity contribution >= 4 is 28.2 Å². The molecule has 146 valence electrons. The van der Waals surface area contributed by atoms with E-state index < -0.39 is 11.4 Å². The summed E-state index contributed by atoms with van der Waals surface area (Å²) >= 11 is 0. The van der Waals surface area contributed by atoms with E-state index in [4.69, 9.17) is 4.74 Å². The van der Waals surface area contributed by atoms with Crippen LogP contribution in [0.3, 0.4) is 0 Å². The molecule has 0 unspecified atom stereocenters. The van der Waals surface area contributed by atoms with Crippen LogP contribution in [0.1, 0.15) is 32.0 Å². The fourth-order valence-corrected chi connectivity index (χ4v) is 3.76. The lowest BCUT2D eigenvalue weighted by molar-refractivity contribution is 0.0694. The zero-order chi connectivity index (χ0) is 20.9. The minimum absolute atomic E-state index is 0.184. The average Bonchev–Trinajstić information content (AvgIpc) is 3.00. The number of carboxylic acids is 1. The Morgan fingerprint density at radius 3 is 2.55 bits per heavy atom. The summed E-state index contributed by atoms with van der Waals surface area (Å²) in [5.41, 5.74) is 1.78. The summed E-state index contributed by atoms with van der Waals surface area (Å²) in [6.45, 7) is 1.81. The molecule has 1 N–H and O–H groups in total. The first kappa shape index (κ1) is 18.5. The van der Waals surface area contributed by atoms with Gasteiger partial charge >= 0.3 is 5.97 Å². The van der Waals surface area contributed by atoms with Crippen molar-refractivity contribution in [1.29, 1.82) is 0 Å². The molecule has 1 aromatic carbocycles. The van der Waals surface area contributed by atoms with Gasteiger partial charge in [0.1, 0.15) is 17.0 Å². The van der Waals surface area contributed by atoms with E-state index in [0.29, 0.717) is 28.1 Å². The Labute approximate surface area is 165 Å². The summed E-state index contributed by atoms with van der Waals surface area (Å²) in [7, 11) is 3.21. The number of carboxylic acid groups (broad SMARTS) is 1. The van der Waals surface area contributed by atoms with Gasteiger partial charge in [0, 0.05) is 36.0 Å². The smallest absolute Gasteiger partial charge is 0.341 e. The van der Waals surface area contributed by atoms with E-state index in [9.17, 15) is 19.5 Å². The Morgan fingerprint density at radius 1 is 1.10 bits per heavy atom. The lowest BCUT2D eigenvalue weighted by Gasteiger charge is -2.09. The summed E-state index contributed by atoms with van der Waals surface area (Å²) in [4.78, 5) is 37.4. The Balaban J connectivity index is 1.97. The molecule has 0 radical (unpaired) electrons. The first-order chi connectivity index (χ1) is 13.8. The van der Waals surface area contributed by atoms with Crippen LogP contribution in [0.25, 0.3) is 16.4 Å². The average molecular weight is 390 g/mol. The molecule has 0 aliphatic rings. The molecule has 4 rings (SSSR count). The molecule has 0 aliphatic heterocycles. The number of carbonyl (C=O) groups is 2. The van der Waals surface area contributed by atoms with E-state index in [-0.39, 0.29) is 16.7 Å². The van der Waals surface area contributed by atoms with Crippen LogP contribution in [0.4, 0.5) is 0 Å². The van der Waals surface area contributed by atoms with E-state index >= 15 is 0 Å². The quantitative estimate of drug-likeness (QED) is 0.541. The molecule has 0 bridgehead atoms. The highest BCUT2D eigenvalue weighted by molar-refractivity contribution is 6.12. The maximum atomic E-state index is 13.4. The number of ketones is 1. The number of fused-ring (bicyclic) bond motifs is 2. The first-order valence-electron chi connectivity index (χ1n) is 8.90. The third kappa shape index (κ3) is 2.70. The van der Waals surface area contributed by atoms with E-state index in [1.807, 2.05) is 25.1 Å². The van der Waals surface area contributed by atoms with Crippen molar-refractivity contribution in [2.75, 3.05) is 7.11 Å². The molecule has 29 heavy (non-hydrogen) atoms. The van der Waals surface area contributed by atoms with E-state index in [2.05, 4.69) is 0 Å². The monoisotopic (exact) mass is 390 g/mol. The molecule has 4 aromatic rings. The van der Waals surface area contributed by atoms with Crippen LogP contribution in [0.15, 0.2) is 53.6 Å². The van der Waals surface area contributed by atoms with E-state index in [0.717, 1.165) is 5.52 Å². The number of carbonyl (C=O) groups excluding carboxylic acids is 1. The van der Waals surface area contributed by atoms with Crippen LogP contribution in [0, 0.1) is 6.92 Å². The van der Waals surface area contributed by atoms with Gasteiger partial charge in [0.05, 0.1) is 18.1 Å². The largest absolute Gasteiger partial charge is 0.494 e.